The average molecular weight is 1390 g/mol. The highest BCUT2D eigenvalue weighted by Gasteiger charge is 2.25. The molecule has 0 N–H and O–H groups in total. The third-order valence-corrected chi connectivity index (χ3v) is 24.0. The van der Waals surface area contributed by atoms with Gasteiger partial charge in [-0.2, -0.15) is 0 Å². The largest absolute Gasteiger partial charge is 0.454 e. The number of benzene rings is 17. The number of para-hydroxylation sites is 5. The molecular weight excluding hydrogens is 1330 g/mol. The smallest absolute Gasteiger partial charge is 0.160 e. The molecule has 0 saturated carbocycles. The van der Waals surface area contributed by atoms with Crippen LogP contribution in [0.25, 0.3) is 219 Å². The van der Waals surface area contributed by atoms with Crippen molar-refractivity contribution >= 4 is 141 Å². The zero-order valence-electron chi connectivity index (χ0n) is 58.4. The third-order valence-electron chi connectivity index (χ3n) is 22.8. The SMILES string of the molecule is c1ccc(-c2ccc3c(c2)c2cc(-c4ccc5c(c4)c4ccccc4n5-c4ccc(-c5ccccc5)c5c4sc4ccccc45)ccc2n3-c2ccc(-c3ccc(-c4ccc(-n5c6ccccc6c6cc(-c7ccc8c9ccccc9n(-c9ccccc9)c8c7)ccc65)c5oc6ccccc6c45)cc3)cc2)cc1. The second-order valence-corrected chi connectivity index (χ2v) is 29.7. The molecular formula is C102H62N4OS. The highest BCUT2D eigenvalue weighted by atomic mass is 32.1. The molecule has 6 aromatic heterocycles. The van der Waals surface area contributed by atoms with Crippen LogP contribution in [0.15, 0.2) is 381 Å². The summed E-state index contributed by atoms with van der Waals surface area (Å²) in [6, 6.07) is 139. The number of nitrogens with zero attached hydrogens (tertiary/aromatic N) is 4. The summed E-state index contributed by atoms with van der Waals surface area (Å²) in [4.78, 5) is 0. The van der Waals surface area contributed by atoms with E-state index in [9.17, 15) is 0 Å². The number of hydrogen-bond donors (Lipinski definition) is 0. The molecule has 0 aliphatic rings. The Kier molecular flexibility index (Phi) is 13.3. The molecule has 108 heavy (non-hydrogen) atoms. The van der Waals surface area contributed by atoms with Gasteiger partial charge < -0.3 is 22.7 Å². The van der Waals surface area contributed by atoms with Crippen molar-refractivity contribution in [2.45, 2.75) is 0 Å². The van der Waals surface area contributed by atoms with Crippen LogP contribution >= 0.6 is 11.3 Å². The highest BCUT2D eigenvalue weighted by Crippen LogP contribution is 2.49. The predicted molar refractivity (Wildman–Crippen MR) is 457 cm³/mol. The zero-order valence-corrected chi connectivity index (χ0v) is 59.2. The van der Waals surface area contributed by atoms with E-state index < -0.39 is 0 Å². The molecule has 0 radical (unpaired) electrons. The van der Waals surface area contributed by atoms with Gasteiger partial charge in [-0.25, -0.2) is 0 Å². The number of furan rings is 1. The summed E-state index contributed by atoms with van der Waals surface area (Å²) in [7, 11) is 0. The first-order valence-corrected chi connectivity index (χ1v) is 37.8. The molecule has 6 heterocycles. The maximum Gasteiger partial charge on any atom is 0.160 e. The van der Waals surface area contributed by atoms with Crippen molar-refractivity contribution in [3.05, 3.63) is 376 Å². The van der Waals surface area contributed by atoms with Gasteiger partial charge >= 0.3 is 0 Å². The van der Waals surface area contributed by atoms with Crippen molar-refractivity contribution in [2.24, 2.45) is 0 Å². The van der Waals surface area contributed by atoms with Gasteiger partial charge in [0.2, 0.25) is 0 Å². The predicted octanol–water partition coefficient (Wildman–Crippen LogP) is 28.3. The van der Waals surface area contributed by atoms with Crippen molar-refractivity contribution in [3.8, 4) is 89.5 Å². The summed E-state index contributed by atoms with van der Waals surface area (Å²) in [5, 5.41) is 14.5. The number of thiophene rings is 1. The number of rotatable bonds is 10. The summed E-state index contributed by atoms with van der Waals surface area (Å²) in [5.74, 6) is 0. The Hall–Kier alpha value is -14.0. The summed E-state index contributed by atoms with van der Waals surface area (Å²) in [6.45, 7) is 0. The first-order chi connectivity index (χ1) is 53.6. The molecule has 0 spiro atoms. The van der Waals surface area contributed by atoms with E-state index in [2.05, 4.69) is 394 Å². The molecule has 0 atom stereocenters. The minimum Gasteiger partial charge on any atom is -0.454 e. The van der Waals surface area contributed by atoms with E-state index in [1.807, 2.05) is 11.3 Å². The first-order valence-electron chi connectivity index (χ1n) is 37.0. The van der Waals surface area contributed by atoms with Crippen molar-refractivity contribution in [3.63, 3.8) is 0 Å². The van der Waals surface area contributed by atoms with Crippen LogP contribution in [-0.2, 0) is 0 Å². The van der Waals surface area contributed by atoms with E-state index in [1.165, 1.54) is 136 Å². The van der Waals surface area contributed by atoms with Crippen LogP contribution in [-0.4, -0.2) is 18.3 Å². The van der Waals surface area contributed by atoms with Crippen LogP contribution in [0.5, 0.6) is 0 Å². The number of hydrogen-bond acceptors (Lipinski definition) is 2. The van der Waals surface area contributed by atoms with Gasteiger partial charge in [0.05, 0.1) is 60.2 Å². The van der Waals surface area contributed by atoms with Crippen LogP contribution in [0.4, 0.5) is 0 Å². The standard InChI is InChI=1S/C102H62N4OS/c1-4-20-63(21-5-1)68-43-52-90-85(58-68)86-61-70(69-45-55-93-84(59-69)79-28-12-17-33-89(79)106(93)95-57-51-76(66-22-6-2-7-23-66)100-82-30-14-19-35-98(82)108-102(95)100)44-53-91(86)103(90)74-47-40-65(41-48-74)64-36-38-67(39-37-64)75-50-56-94(101-99(75)81-29-13-18-34-97(81)107-101)105-88-32-16-11-27-78(88)83-60-71(46-54-92(83)105)72-42-49-80-77-26-10-15-31-87(77)104(96(80)62-72)73-24-8-3-9-25-73/h1-62H. The molecule has 0 unspecified atom stereocenters. The van der Waals surface area contributed by atoms with Crippen LogP contribution in [0.1, 0.15) is 0 Å². The topological polar surface area (TPSA) is 32.9 Å². The Bertz CT molecular complexity index is 7640. The van der Waals surface area contributed by atoms with Crippen molar-refractivity contribution in [1.29, 1.82) is 0 Å². The Morgan fingerprint density at radius 1 is 0.204 bits per heavy atom. The van der Waals surface area contributed by atoms with Crippen LogP contribution in [0, 0.1) is 0 Å². The van der Waals surface area contributed by atoms with Gasteiger partial charge in [-0.15, -0.1) is 11.3 Å². The van der Waals surface area contributed by atoms with Crippen molar-refractivity contribution in [1.82, 2.24) is 18.3 Å². The number of fused-ring (bicyclic) bond motifs is 18. The van der Waals surface area contributed by atoms with Crippen LogP contribution in [0.2, 0.25) is 0 Å². The summed E-state index contributed by atoms with van der Waals surface area (Å²) < 4.78 is 19.4. The molecule has 0 aliphatic heterocycles. The normalized spacial score (nSPS) is 12.1. The Labute approximate surface area is 624 Å². The van der Waals surface area contributed by atoms with E-state index in [0.29, 0.717) is 0 Å². The number of aromatic nitrogens is 4. The summed E-state index contributed by atoms with van der Waals surface area (Å²) >= 11 is 1.89. The lowest BCUT2D eigenvalue weighted by atomic mass is 9.96. The van der Waals surface area contributed by atoms with Gasteiger partial charge in [-0.3, -0.25) is 0 Å². The Balaban J connectivity index is 0.594. The van der Waals surface area contributed by atoms with Gasteiger partial charge in [0.15, 0.2) is 5.58 Å². The molecule has 0 fully saturated rings. The molecule has 23 aromatic rings. The van der Waals surface area contributed by atoms with E-state index in [0.717, 1.165) is 83.3 Å². The fourth-order valence-corrected chi connectivity index (χ4v) is 19.1. The second-order valence-electron chi connectivity index (χ2n) is 28.6. The minimum atomic E-state index is 0.856. The molecule has 0 saturated heterocycles. The highest BCUT2D eigenvalue weighted by molar-refractivity contribution is 7.26. The van der Waals surface area contributed by atoms with Crippen molar-refractivity contribution < 1.29 is 4.42 Å². The zero-order chi connectivity index (χ0) is 70.7. The average Bonchev–Trinajstić information content (AvgIpc) is 1.58. The molecule has 5 nitrogen and oxygen atoms in total. The molecule has 23 rings (SSSR count). The lowest BCUT2D eigenvalue weighted by Gasteiger charge is -2.13. The van der Waals surface area contributed by atoms with E-state index in [-0.39, 0.29) is 0 Å². The van der Waals surface area contributed by atoms with Gasteiger partial charge in [-0.1, -0.05) is 255 Å². The van der Waals surface area contributed by atoms with Gasteiger partial charge in [0.1, 0.15) is 5.58 Å². The minimum absolute atomic E-state index is 0.856. The second kappa shape index (κ2) is 23.7. The maximum absolute atomic E-state index is 7.06. The third kappa shape index (κ3) is 9.18. The molecule has 0 amide bonds. The molecule has 6 heteroatoms. The fourth-order valence-electron chi connectivity index (χ4n) is 17.8. The van der Waals surface area contributed by atoms with Gasteiger partial charge in [0, 0.05) is 80.7 Å². The van der Waals surface area contributed by atoms with E-state index in [1.54, 1.807) is 0 Å². The van der Waals surface area contributed by atoms with E-state index in [4.69, 9.17) is 4.42 Å². The lowest BCUT2D eigenvalue weighted by Crippen LogP contribution is -1.95. The molecule has 0 bridgehead atoms. The molecule has 17 aromatic carbocycles. The van der Waals surface area contributed by atoms with Crippen molar-refractivity contribution in [2.75, 3.05) is 0 Å². The van der Waals surface area contributed by atoms with Gasteiger partial charge in [0.25, 0.3) is 0 Å². The molecule has 502 valence electrons. The summed E-state index contributed by atoms with van der Waals surface area (Å²) in [5.41, 5.74) is 29.6. The quantitative estimate of drug-likeness (QED) is 0.134. The van der Waals surface area contributed by atoms with E-state index >= 15 is 0 Å². The first kappa shape index (κ1) is 60.4. The lowest BCUT2D eigenvalue weighted by molar-refractivity contribution is 0.666. The Morgan fingerprint density at radius 2 is 0.565 bits per heavy atom. The fraction of sp³-hybridized carbons (Fsp3) is 0. The Morgan fingerprint density at radius 3 is 1.18 bits per heavy atom. The monoisotopic (exact) mass is 1390 g/mol. The van der Waals surface area contributed by atoms with Gasteiger partial charge in [-0.05, 0) is 188 Å². The maximum atomic E-state index is 7.06. The molecule has 0 aliphatic carbocycles. The van der Waals surface area contributed by atoms with Crippen LogP contribution in [0.3, 0.4) is 0 Å². The summed E-state index contributed by atoms with van der Waals surface area (Å²) in [6.07, 6.45) is 0. The van der Waals surface area contributed by atoms with Crippen LogP contribution < -0.4 is 0 Å².